The van der Waals surface area contributed by atoms with Crippen molar-refractivity contribution in [2.75, 3.05) is 38.3 Å². The molecule has 0 bridgehead atoms. The van der Waals surface area contributed by atoms with Gasteiger partial charge in [-0.15, -0.1) is 0 Å². The second-order valence-corrected chi connectivity index (χ2v) is 6.13. The molecule has 0 saturated carbocycles. The molecule has 7 heteroatoms. The number of ether oxygens (including phenoxy) is 3. The van der Waals surface area contributed by atoms with Crippen molar-refractivity contribution in [2.24, 2.45) is 0 Å². The number of allylic oxidation sites excluding steroid dienone is 1. The summed E-state index contributed by atoms with van der Waals surface area (Å²) in [6, 6.07) is 12.0. The molecule has 0 radical (unpaired) electrons. The van der Waals surface area contributed by atoms with Gasteiger partial charge in [0.15, 0.2) is 17.3 Å². The predicted molar refractivity (Wildman–Crippen MR) is 102 cm³/mol. The van der Waals surface area contributed by atoms with Crippen molar-refractivity contribution in [1.82, 2.24) is 0 Å². The lowest BCUT2D eigenvalue weighted by atomic mass is 10.1. The van der Waals surface area contributed by atoms with Gasteiger partial charge in [-0.05, 0) is 42.0 Å². The van der Waals surface area contributed by atoms with Crippen molar-refractivity contribution in [3.05, 3.63) is 59.7 Å². The fourth-order valence-corrected chi connectivity index (χ4v) is 2.90. The lowest BCUT2D eigenvalue weighted by molar-refractivity contribution is -0.0512. The van der Waals surface area contributed by atoms with Crippen LogP contribution in [0.4, 0.5) is 14.5 Å². The smallest absolute Gasteiger partial charge is 0.387 e. The number of hydrogen-bond acceptors (Lipinski definition) is 5. The maximum atomic E-state index is 12.4. The average Bonchev–Trinajstić information content (AvgIpc) is 2.73. The first-order valence-corrected chi connectivity index (χ1v) is 8.85. The summed E-state index contributed by atoms with van der Waals surface area (Å²) >= 11 is 0. The van der Waals surface area contributed by atoms with E-state index in [1.54, 1.807) is 6.08 Å². The zero-order chi connectivity index (χ0) is 19.9. The molecule has 2 aromatic rings. The summed E-state index contributed by atoms with van der Waals surface area (Å²) in [5.41, 5.74) is 2.32. The third-order valence-corrected chi connectivity index (χ3v) is 4.36. The second-order valence-electron chi connectivity index (χ2n) is 6.13. The molecule has 1 aliphatic heterocycles. The normalized spacial score (nSPS) is 14.5. The van der Waals surface area contributed by atoms with Gasteiger partial charge in [0, 0.05) is 24.3 Å². The largest absolute Gasteiger partial charge is 0.493 e. The van der Waals surface area contributed by atoms with Gasteiger partial charge in [0.1, 0.15) is 0 Å². The Labute approximate surface area is 162 Å². The van der Waals surface area contributed by atoms with Gasteiger partial charge in [0.2, 0.25) is 0 Å². The predicted octanol–water partition coefficient (Wildman–Crippen LogP) is 4.03. The van der Waals surface area contributed by atoms with Crippen LogP contribution in [0.2, 0.25) is 0 Å². The molecular weight excluding hydrogens is 368 g/mol. The number of alkyl halides is 2. The zero-order valence-electron chi connectivity index (χ0n) is 15.4. The molecule has 148 valence electrons. The fraction of sp³-hybridized carbons (Fsp3) is 0.286. The second kappa shape index (κ2) is 9.32. The Morgan fingerprint density at radius 1 is 1.11 bits per heavy atom. The van der Waals surface area contributed by atoms with Crippen LogP contribution >= 0.6 is 0 Å². The molecule has 0 amide bonds. The third kappa shape index (κ3) is 5.07. The number of hydrogen-bond donors (Lipinski definition) is 0. The van der Waals surface area contributed by atoms with Gasteiger partial charge in [-0.25, -0.2) is 0 Å². The number of benzene rings is 2. The monoisotopic (exact) mass is 389 g/mol. The molecule has 0 aliphatic carbocycles. The number of morpholine rings is 1. The Kier molecular flexibility index (Phi) is 6.60. The highest BCUT2D eigenvalue weighted by Gasteiger charge is 2.13. The van der Waals surface area contributed by atoms with Gasteiger partial charge in [-0.3, -0.25) is 4.79 Å². The first-order valence-electron chi connectivity index (χ1n) is 8.85. The van der Waals surface area contributed by atoms with Crippen LogP contribution in [0.3, 0.4) is 0 Å². The first kappa shape index (κ1) is 19.8. The molecule has 0 aromatic heterocycles. The van der Waals surface area contributed by atoms with Crippen LogP contribution in [-0.2, 0) is 4.74 Å². The number of halogens is 2. The number of ketones is 1. The number of carbonyl (C=O) groups is 1. The van der Waals surface area contributed by atoms with Gasteiger partial charge >= 0.3 is 6.61 Å². The summed E-state index contributed by atoms with van der Waals surface area (Å²) in [7, 11) is 1.33. The summed E-state index contributed by atoms with van der Waals surface area (Å²) in [5, 5.41) is 0. The lowest BCUT2D eigenvalue weighted by Crippen LogP contribution is -2.36. The molecule has 1 saturated heterocycles. The molecule has 1 fully saturated rings. The molecule has 1 heterocycles. The minimum absolute atomic E-state index is 0.0782. The minimum atomic E-state index is -2.96. The van der Waals surface area contributed by atoms with Crippen molar-refractivity contribution in [3.63, 3.8) is 0 Å². The molecule has 28 heavy (non-hydrogen) atoms. The Morgan fingerprint density at radius 3 is 2.46 bits per heavy atom. The van der Waals surface area contributed by atoms with E-state index in [2.05, 4.69) is 9.64 Å². The van der Waals surface area contributed by atoms with E-state index >= 15 is 0 Å². The van der Waals surface area contributed by atoms with Gasteiger partial charge in [0.05, 0.1) is 20.3 Å². The Hall–Kier alpha value is -2.93. The molecule has 0 unspecified atom stereocenters. The van der Waals surface area contributed by atoms with Crippen molar-refractivity contribution in [2.45, 2.75) is 6.61 Å². The molecule has 2 aromatic carbocycles. The van der Waals surface area contributed by atoms with Crippen LogP contribution in [0, 0.1) is 0 Å². The molecule has 0 atom stereocenters. The molecular formula is C21H21F2NO4. The highest BCUT2D eigenvalue weighted by atomic mass is 19.3. The van der Waals surface area contributed by atoms with E-state index in [4.69, 9.17) is 9.47 Å². The Morgan fingerprint density at radius 2 is 1.82 bits per heavy atom. The Bertz CT molecular complexity index is 831. The summed E-state index contributed by atoms with van der Waals surface area (Å²) in [5.74, 6) is -0.301. The van der Waals surface area contributed by atoms with Crippen LogP contribution < -0.4 is 14.4 Å². The standard InChI is InChI=1S/C21H21F2NO4/c1-26-20-14-16(5-9-19(20)28-21(22)23)18(25)8-4-15-2-6-17(7-3-15)24-10-12-27-13-11-24/h2-9,14,21H,10-13H2,1H3/b8-4+. The molecule has 0 N–H and O–H groups in total. The minimum Gasteiger partial charge on any atom is -0.493 e. The SMILES string of the molecule is COc1cc(C(=O)/C=C/c2ccc(N3CCOCC3)cc2)ccc1OC(F)F. The zero-order valence-corrected chi connectivity index (χ0v) is 15.4. The summed E-state index contributed by atoms with van der Waals surface area (Å²) in [4.78, 5) is 14.6. The molecule has 5 nitrogen and oxygen atoms in total. The van der Waals surface area contributed by atoms with E-state index in [0.29, 0.717) is 5.56 Å². The van der Waals surface area contributed by atoms with Crippen molar-refractivity contribution in [3.8, 4) is 11.5 Å². The highest BCUT2D eigenvalue weighted by molar-refractivity contribution is 6.07. The molecule has 3 rings (SSSR count). The lowest BCUT2D eigenvalue weighted by Gasteiger charge is -2.28. The number of carbonyl (C=O) groups excluding carboxylic acids is 1. The van der Waals surface area contributed by atoms with Crippen LogP contribution in [0.1, 0.15) is 15.9 Å². The van der Waals surface area contributed by atoms with Crippen LogP contribution in [-0.4, -0.2) is 45.8 Å². The molecule has 1 aliphatic rings. The van der Waals surface area contributed by atoms with Crippen LogP contribution in [0.25, 0.3) is 6.08 Å². The van der Waals surface area contributed by atoms with E-state index in [0.717, 1.165) is 37.6 Å². The maximum Gasteiger partial charge on any atom is 0.387 e. The van der Waals surface area contributed by atoms with Crippen molar-refractivity contribution in [1.29, 1.82) is 0 Å². The number of methoxy groups -OCH3 is 1. The van der Waals surface area contributed by atoms with E-state index in [-0.39, 0.29) is 17.3 Å². The third-order valence-electron chi connectivity index (χ3n) is 4.36. The van der Waals surface area contributed by atoms with E-state index in [1.807, 2.05) is 24.3 Å². The number of rotatable bonds is 7. The fourth-order valence-electron chi connectivity index (χ4n) is 2.90. The quantitative estimate of drug-likeness (QED) is 0.529. The topological polar surface area (TPSA) is 48.0 Å². The number of anilines is 1. The van der Waals surface area contributed by atoms with Gasteiger partial charge in [-0.2, -0.15) is 8.78 Å². The van der Waals surface area contributed by atoms with Gasteiger partial charge in [0.25, 0.3) is 0 Å². The van der Waals surface area contributed by atoms with Crippen molar-refractivity contribution >= 4 is 17.5 Å². The van der Waals surface area contributed by atoms with Crippen LogP contribution in [0.5, 0.6) is 11.5 Å². The van der Waals surface area contributed by atoms with E-state index in [1.165, 1.54) is 31.4 Å². The first-order chi connectivity index (χ1) is 13.6. The number of nitrogens with zero attached hydrogens (tertiary/aromatic N) is 1. The van der Waals surface area contributed by atoms with E-state index in [9.17, 15) is 13.6 Å². The summed E-state index contributed by atoms with van der Waals surface area (Å²) in [6.07, 6.45) is 3.15. The van der Waals surface area contributed by atoms with Crippen LogP contribution in [0.15, 0.2) is 48.5 Å². The summed E-state index contributed by atoms with van der Waals surface area (Å²) < 4.78 is 39.5. The van der Waals surface area contributed by atoms with Gasteiger partial charge in [-0.1, -0.05) is 18.2 Å². The van der Waals surface area contributed by atoms with Gasteiger partial charge < -0.3 is 19.1 Å². The Balaban J connectivity index is 1.67. The van der Waals surface area contributed by atoms with Crippen molar-refractivity contribution < 1.29 is 27.8 Å². The molecule has 0 spiro atoms. The van der Waals surface area contributed by atoms with E-state index < -0.39 is 6.61 Å². The average molecular weight is 389 g/mol. The maximum absolute atomic E-state index is 12.4. The summed E-state index contributed by atoms with van der Waals surface area (Å²) in [6.45, 7) is 0.207. The highest BCUT2D eigenvalue weighted by Crippen LogP contribution is 2.29.